The highest BCUT2D eigenvalue weighted by Gasteiger charge is 2.10. The predicted octanol–water partition coefficient (Wildman–Crippen LogP) is 2.20. The van der Waals surface area contributed by atoms with Crippen molar-refractivity contribution in [3.8, 4) is 6.07 Å². The van der Waals surface area contributed by atoms with E-state index < -0.39 is 0 Å². The topological polar surface area (TPSA) is 36.3 Å². The largest absolute Gasteiger partial charge is 0.379 e. The van der Waals surface area contributed by atoms with Gasteiger partial charge >= 0.3 is 0 Å². The average molecular weight is 295 g/mol. The van der Waals surface area contributed by atoms with E-state index in [1.165, 1.54) is 5.56 Å². The molecule has 90 valence electrons. The minimum atomic E-state index is 0.701. The Morgan fingerprint density at radius 1 is 1.35 bits per heavy atom. The number of halogens is 1. The molecule has 1 aliphatic rings. The van der Waals surface area contributed by atoms with E-state index in [4.69, 9.17) is 10.00 Å². The average Bonchev–Trinajstić information content (AvgIpc) is 2.38. The van der Waals surface area contributed by atoms with Gasteiger partial charge in [-0.15, -0.1) is 0 Å². The van der Waals surface area contributed by atoms with E-state index in [-0.39, 0.29) is 0 Å². The highest BCUT2D eigenvalue weighted by Crippen LogP contribution is 2.19. The van der Waals surface area contributed by atoms with E-state index in [0.29, 0.717) is 5.56 Å². The molecule has 1 heterocycles. The first-order chi connectivity index (χ1) is 8.29. The lowest BCUT2D eigenvalue weighted by Gasteiger charge is -2.26. The molecule has 0 radical (unpaired) electrons. The van der Waals surface area contributed by atoms with Crippen LogP contribution in [0.25, 0.3) is 0 Å². The molecular weight excluding hydrogens is 280 g/mol. The Labute approximate surface area is 110 Å². The molecule has 0 N–H and O–H groups in total. The van der Waals surface area contributed by atoms with Gasteiger partial charge in [-0.25, -0.2) is 0 Å². The Morgan fingerprint density at radius 2 is 2.12 bits per heavy atom. The Bertz CT molecular complexity index is 422. The highest BCUT2D eigenvalue weighted by molar-refractivity contribution is 9.10. The van der Waals surface area contributed by atoms with Crippen LogP contribution in [-0.2, 0) is 11.2 Å². The molecule has 17 heavy (non-hydrogen) atoms. The Morgan fingerprint density at radius 3 is 2.76 bits per heavy atom. The second-order valence-electron chi connectivity index (χ2n) is 4.12. The lowest BCUT2D eigenvalue weighted by atomic mass is 10.1. The van der Waals surface area contributed by atoms with Crippen LogP contribution in [0, 0.1) is 11.3 Å². The smallest absolute Gasteiger partial charge is 0.0992 e. The molecule has 0 aromatic heterocycles. The van der Waals surface area contributed by atoms with E-state index in [9.17, 15) is 0 Å². The van der Waals surface area contributed by atoms with Gasteiger partial charge in [-0.3, -0.25) is 4.90 Å². The number of rotatable bonds is 3. The number of morpholine rings is 1. The van der Waals surface area contributed by atoms with Crippen molar-refractivity contribution >= 4 is 15.9 Å². The monoisotopic (exact) mass is 294 g/mol. The summed E-state index contributed by atoms with van der Waals surface area (Å²) >= 11 is 3.52. The zero-order chi connectivity index (χ0) is 12.1. The van der Waals surface area contributed by atoms with Crippen molar-refractivity contribution in [3.63, 3.8) is 0 Å². The molecular formula is C13H15BrN2O. The van der Waals surface area contributed by atoms with Crippen molar-refractivity contribution in [1.29, 1.82) is 5.26 Å². The zero-order valence-corrected chi connectivity index (χ0v) is 11.2. The van der Waals surface area contributed by atoms with Gasteiger partial charge in [0.1, 0.15) is 0 Å². The van der Waals surface area contributed by atoms with Gasteiger partial charge in [-0.05, 0) is 24.1 Å². The van der Waals surface area contributed by atoms with Gasteiger partial charge in [-0.2, -0.15) is 5.26 Å². The van der Waals surface area contributed by atoms with Crippen molar-refractivity contribution in [2.45, 2.75) is 6.42 Å². The summed E-state index contributed by atoms with van der Waals surface area (Å²) in [7, 11) is 0. The molecule has 2 rings (SSSR count). The second-order valence-corrected chi connectivity index (χ2v) is 4.98. The SMILES string of the molecule is N#Cc1ccc(CCN2CCOCC2)c(Br)c1. The Balaban J connectivity index is 1.92. The van der Waals surface area contributed by atoms with Gasteiger partial charge in [0.2, 0.25) is 0 Å². The van der Waals surface area contributed by atoms with E-state index in [1.54, 1.807) is 0 Å². The van der Waals surface area contributed by atoms with Crippen molar-refractivity contribution in [2.24, 2.45) is 0 Å². The quantitative estimate of drug-likeness (QED) is 0.857. The number of nitrogens with zero attached hydrogens (tertiary/aromatic N) is 2. The summed E-state index contributed by atoms with van der Waals surface area (Å²) in [5.41, 5.74) is 1.96. The molecule has 0 atom stereocenters. The van der Waals surface area contributed by atoms with Crippen molar-refractivity contribution in [2.75, 3.05) is 32.8 Å². The minimum absolute atomic E-state index is 0.701. The van der Waals surface area contributed by atoms with Crippen molar-refractivity contribution in [3.05, 3.63) is 33.8 Å². The van der Waals surface area contributed by atoms with Crippen LogP contribution in [0.5, 0.6) is 0 Å². The lowest BCUT2D eigenvalue weighted by Crippen LogP contribution is -2.37. The van der Waals surface area contributed by atoms with E-state index in [1.807, 2.05) is 18.2 Å². The summed E-state index contributed by atoms with van der Waals surface area (Å²) in [4.78, 5) is 2.41. The molecule has 1 aromatic rings. The van der Waals surface area contributed by atoms with E-state index in [0.717, 1.165) is 43.7 Å². The molecule has 1 saturated heterocycles. The molecule has 1 fully saturated rings. The summed E-state index contributed by atoms with van der Waals surface area (Å²) < 4.78 is 6.35. The number of nitriles is 1. The molecule has 0 unspecified atom stereocenters. The van der Waals surface area contributed by atoms with Gasteiger partial charge in [0.05, 0.1) is 24.8 Å². The Hall–Kier alpha value is -0.890. The molecule has 0 spiro atoms. The van der Waals surface area contributed by atoms with Crippen LogP contribution in [0.4, 0.5) is 0 Å². The number of benzene rings is 1. The van der Waals surface area contributed by atoms with E-state index >= 15 is 0 Å². The van der Waals surface area contributed by atoms with Gasteiger partial charge in [0.25, 0.3) is 0 Å². The van der Waals surface area contributed by atoms with Crippen LogP contribution in [0.1, 0.15) is 11.1 Å². The van der Waals surface area contributed by atoms with Crippen LogP contribution >= 0.6 is 15.9 Å². The van der Waals surface area contributed by atoms with Gasteiger partial charge in [0.15, 0.2) is 0 Å². The standard InChI is InChI=1S/C13H15BrN2O/c14-13-9-11(10-15)1-2-12(13)3-4-16-5-7-17-8-6-16/h1-2,9H,3-8H2. The van der Waals surface area contributed by atoms with Crippen LogP contribution in [-0.4, -0.2) is 37.7 Å². The number of hydrogen-bond donors (Lipinski definition) is 0. The molecule has 0 aliphatic carbocycles. The first kappa shape index (κ1) is 12.6. The third-order valence-corrected chi connectivity index (χ3v) is 3.72. The predicted molar refractivity (Wildman–Crippen MR) is 69.8 cm³/mol. The van der Waals surface area contributed by atoms with Gasteiger partial charge in [-0.1, -0.05) is 22.0 Å². The molecule has 1 aromatic carbocycles. The van der Waals surface area contributed by atoms with Crippen LogP contribution in [0.2, 0.25) is 0 Å². The Kier molecular flexibility index (Phi) is 4.55. The van der Waals surface area contributed by atoms with Crippen LogP contribution < -0.4 is 0 Å². The number of hydrogen-bond acceptors (Lipinski definition) is 3. The molecule has 0 bridgehead atoms. The first-order valence-corrected chi connectivity index (χ1v) is 6.57. The fourth-order valence-corrected chi connectivity index (χ4v) is 2.50. The third-order valence-electron chi connectivity index (χ3n) is 2.98. The summed E-state index contributed by atoms with van der Waals surface area (Å²) in [6.45, 7) is 4.78. The molecule has 0 amide bonds. The summed E-state index contributed by atoms with van der Waals surface area (Å²) in [6.07, 6.45) is 1.01. The minimum Gasteiger partial charge on any atom is -0.379 e. The maximum Gasteiger partial charge on any atom is 0.0992 e. The molecule has 4 heteroatoms. The highest BCUT2D eigenvalue weighted by atomic mass is 79.9. The first-order valence-electron chi connectivity index (χ1n) is 5.78. The fraction of sp³-hybridized carbons (Fsp3) is 0.462. The normalized spacial score (nSPS) is 16.7. The maximum atomic E-state index is 8.79. The summed E-state index contributed by atoms with van der Waals surface area (Å²) in [5.74, 6) is 0. The molecule has 0 saturated carbocycles. The lowest BCUT2D eigenvalue weighted by molar-refractivity contribution is 0.0384. The second kappa shape index (κ2) is 6.15. The zero-order valence-electron chi connectivity index (χ0n) is 9.66. The maximum absolute atomic E-state index is 8.79. The van der Waals surface area contributed by atoms with Gasteiger partial charge < -0.3 is 4.74 Å². The van der Waals surface area contributed by atoms with Crippen LogP contribution in [0.3, 0.4) is 0 Å². The third kappa shape index (κ3) is 3.53. The van der Waals surface area contributed by atoms with E-state index in [2.05, 4.69) is 26.9 Å². The summed E-state index contributed by atoms with van der Waals surface area (Å²) in [5, 5.41) is 8.79. The fourth-order valence-electron chi connectivity index (χ4n) is 1.92. The summed E-state index contributed by atoms with van der Waals surface area (Å²) in [6, 6.07) is 7.93. The number of ether oxygens (including phenoxy) is 1. The van der Waals surface area contributed by atoms with Gasteiger partial charge in [0, 0.05) is 24.1 Å². The molecule has 1 aliphatic heterocycles. The van der Waals surface area contributed by atoms with Crippen LogP contribution in [0.15, 0.2) is 22.7 Å². The van der Waals surface area contributed by atoms with Crippen molar-refractivity contribution < 1.29 is 4.74 Å². The van der Waals surface area contributed by atoms with Crippen molar-refractivity contribution in [1.82, 2.24) is 4.90 Å². The molecule has 3 nitrogen and oxygen atoms in total.